The van der Waals surface area contributed by atoms with Gasteiger partial charge in [-0.25, -0.2) is 13.2 Å². The van der Waals surface area contributed by atoms with E-state index in [1.807, 2.05) is 6.92 Å². The van der Waals surface area contributed by atoms with Gasteiger partial charge in [-0.1, -0.05) is 6.92 Å². The Morgan fingerprint density at radius 3 is 2.58 bits per heavy atom. The summed E-state index contributed by atoms with van der Waals surface area (Å²) in [6.07, 6.45) is 0.877. The third-order valence-corrected chi connectivity index (χ3v) is 3.57. The number of rotatable bonds is 7. The van der Waals surface area contributed by atoms with E-state index in [4.69, 9.17) is 24.6 Å². The first-order chi connectivity index (χ1) is 8.86. The second kappa shape index (κ2) is 6.93. The number of esters is 1. The summed E-state index contributed by atoms with van der Waals surface area (Å²) >= 11 is 0. The van der Waals surface area contributed by atoms with Gasteiger partial charge in [0.25, 0.3) is 9.05 Å². The molecule has 0 radical (unpaired) electrons. The molecule has 108 valence electrons. The van der Waals surface area contributed by atoms with E-state index in [-0.39, 0.29) is 29.6 Å². The minimum absolute atomic E-state index is 0.0455. The minimum Gasteiger partial charge on any atom is -0.457 e. The Labute approximate surface area is 116 Å². The molecule has 0 saturated carbocycles. The minimum atomic E-state index is -3.93. The first kappa shape index (κ1) is 16.0. The number of aryl methyl sites for hydroxylation is 1. The molecular formula is C11H15ClO6S. The second-order valence-electron chi connectivity index (χ2n) is 3.72. The molecule has 19 heavy (non-hydrogen) atoms. The topological polar surface area (TPSA) is 82.8 Å². The summed E-state index contributed by atoms with van der Waals surface area (Å²) in [5, 5.41) is 0. The number of carbonyl (C=O) groups excluding carboxylic acids is 1. The molecule has 0 fully saturated rings. The third kappa shape index (κ3) is 4.85. The molecule has 1 rings (SSSR count). The Morgan fingerprint density at radius 1 is 1.37 bits per heavy atom. The normalized spacial score (nSPS) is 11.5. The quantitative estimate of drug-likeness (QED) is 0.436. The fourth-order valence-electron chi connectivity index (χ4n) is 1.32. The van der Waals surface area contributed by atoms with Crippen LogP contribution in [0.25, 0.3) is 0 Å². The van der Waals surface area contributed by atoms with Gasteiger partial charge >= 0.3 is 5.97 Å². The highest BCUT2D eigenvalue weighted by Crippen LogP contribution is 2.23. The van der Waals surface area contributed by atoms with Crippen molar-refractivity contribution in [3.8, 4) is 0 Å². The molecule has 0 bridgehead atoms. The van der Waals surface area contributed by atoms with E-state index < -0.39 is 15.0 Å². The summed E-state index contributed by atoms with van der Waals surface area (Å²) < 4.78 is 37.3. The van der Waals surface area contributed by atoms with Crippen LogP contribution < -0.4 is 0 Å². The molecule has 0 N–H and O–H groups in total. The lowest BCUT2D eigenvalue weighted by Gasteiger charge is -2.03. The number of hydrogen-bond acceptors (Lipinski definition) is 6. The zero-order chi connectivity index (χ0) is 14.5. The van der Waals surface area contributed by atoms with Crippen LogP contribution in [0, 0.1) is 6.92 Å². The van der Waals surface area contributed by atoms with Gasteiger partial charge in [0, 0.05) is 23.4 Å². The van der Waals surface area contributed by atoms with Crippen LogP contribution in [0.4, 0.5) is 0 Å². The smallest absolute Gasteiger partial charge is 0.374 e. The van der Waals surface area contributed by atoms with E-state index in [0.29, 0.717) is 6.61 Å². The summed E-state index contributed by atoms with van der Waals surface area (Å²) in [7, 11) is 1.25. The number of halogens is 1. The Morgan fingerprint density at radius 2 is 2.05 bits per heavy atom. The summed E-state index contributed by atoms with van der Waals surface area (Å²) in [6, 6.07) is 1.05. The molecule has 6 nitrogen and oxygen atoms in total. The molecule has 0 aromatic carbocycles. The van der Waals surface area contributed by atoms with Crippen molar-refractivity contribution in [2.75, 3.05) is 19.8 Å². The van der Waals surface area contributed by atoms with Gasteiger partial charge in [-0.05, 0) is 13.3 Å². The van der Waals surface area contributed by atoms with E-state index >= 15 is 0 Å². The predicted octanol–water partition coefficient (Wildman–Crippen LogP) is 2.10. The molecule has 8 heteroatoms. The molecule has 0 aliphatic carbocycles. The molecule has 1 heterocycles. The van der Waals surface area contributed by atoms with Gasteiger partial charge in [0.15, 0.2) is 0 Å². The van der Waals surface area contributed by atoms with Crippen molar-refractivity contribution in [3.63, 3.8) is 0 Å². The van der Waals surface area contributed by atoms with E-state index in [0.717, 1.165) is 12.5 Å². The predicted molar refractivity (Wildman–Crippen MR) is 67.9 cm³/mol. The molecular weight excluding hydrogens is 296 g/mol. The van der Waals surface area contributed by atoms with Crippen LogP contribution in [-0.4, -0.2) is 34.2 Å². The largest absolute Gasteiger partial charge is 0.457 e. The molecule has 0 saturated heterocycles. The van der Waals surface area contributed by atoms with E-state index in [1.165, 1.54) is 6.92 Å². The fourth-order valence-corrected chi connectivity index (χ4v) is 2.41. The third-order valence-electron chi connectivity index (χ3n) is 2.15. The lowest BCUT2D eigenvalue weighted by Crippen LogP contribution is -2.10. The van der Waals surface area contributed by atoms with Crippen LogP contribution in [0.15, 0.2) is 15.4 Å². The lowest BCUT2D eigenvalue weighted by molar-refractivity contribution is 0.0287. The van der Waals surface area contributed by atoms with Crippen LogP contribution in [0.3, 0.4) is 0 Å². The molecule has 1 aromatic heterocycles. The van der Waals surface area contributed by atoms with Gasteiger partial charge in [-0.3, -0.25) is 0 Å². The van der Waals surface area contributed by atoms with E-state index in [1.54, 1.807) is 0 Å². The lowest BCUT2D eigenvalue weighted by atomic mass is 10.4. The van der Waals surface area contributed by atoms with Gasteiger partial charge in [-0.15, -0.1) is 0 Å². The molecule has 1 aromatic rings. The van der Waals surface area contributed by atoms with Crippen molar-refractivity contribution in [3.05, 3.63) is 17.6 Å². The number of ether oxygens (including phenoxy) is 2. The maximum absolute atomic E-state index is 11.6. The molecule has 0 atom stereocenters. The first-order valence-corrected chi connectivity index (χ1v) is 7.97. The second-order valence-corrected chi connectivity index (χ2v) is 6.25. The summed E-state index contributed by atoms with van der Waals surface area (Å²) in [5.74, 6) is -0.911. The van der Waals surface area contributed by atoms with Gasteiger partial charge in [-0.2, -0.15) is 0 Å². The molecule has 0 unspecified atom stereocenters. The highest BCUT2D eigenvalue weighted by Gasteiger charge is 2.22. The van der Waals surface area contributed by atoms with Crippen LogP contribution >= 0.6 is 10.7 Å². The van der Waals surface area contributed by atoms with Gasteiger partial charge in [0.05, 0.1) is 6.61 Å². The maximum Gasteiger partial charge on any atom is 0.374 e. The average Bonchev–Trinajstić information content (AvgIpc) is 2.70. The maximum atomic E-state index is 11.6. The SMILES string of the molecule is CCCOCCOC(=O)c1cc(S(=O)(=O)Cl)c(C)o1. The standard InChI is InChI=1S/C11H15ClO6S/c1-3-4-16-5-6-17-11(13)9-7-10(8(2)18-9)19(12,14)15/h7H,3-6H2,1-2H3. The highest BCUT2D eigenvalue weighted by atomic mass is 35.7. The van der Waals surface area contributed by atoms with Crippen LogP contribution in [0.5, 0.6) is 0 Å². The molecule has 0 aliphatic heterocycles. The van der Waals surface area contributed by atoms with Crippen molar-refractivity contribution >= 4 is 25.7 Å². The highest BCUT2D eigenvalue weighted by molar-refractivity contribution is 8.13. The summed E-state index contributed by atoms with van der Waals surface area (Å²) in [4.78, 5) is 11.3. The Balaban J connectivity index is 2.59. The number of carbonyl (C=O) groups is 1. The van der Waals surface area contributed by atoms with Crippen LogP contribution in [0.1, 0.15) is 29.7 Å². The van der Waals surface area contributed by atoms with Gasteiger partial charge in [0.1, 0.15) is 17.3 Å². The van der Waals surface area contributed by atoms with Gasteiger partial charge in [0.2, 0.25) is 5.76 Å². The van der Waals surface area contributed by atoms with Crippen molar-refractivity contribution in [1.29, 1.82) is 0 Å². The Hall–Kier alpha value is -1.05. The average molecular weight is 311 g/mol. The molecule has 0 aliphatic rings. The Kier molecular flexibility index (Phi) is 5.84. The van der Waals surface area contributed by atoms with Crippen molar-refractivity contribution in [2.24, 2.45) is 0 Å². The zero-order valence-electron chi connectivity index (χ0n) is 10.6. The molecule has 0 amide bonds. The van der Waals surface area contributed by atoms with Crippen LogP contribution in [-0.2, 0) is 18.5 Å². The van der Waals surface area contributed by atoms with Crippen molar-refractivity contribution in [2.45, 2.75) is 25.2 Å². The van der Waals surface area contributed by atoms with Crippen molar-refractivity contribution in [1.82, 2.24) is 0 Å². The molecule has 0 spiro atoms. The number of furan rings is 1. The Bertz CT molecular complexity index is 533. The number of hydrogen-bond donors (Lipinski definition) is 0. The zero-order valence-corrected chi connectivity index (χ0v) is 12.2. The van der Waals surface area contributed by atoms with Gasteiger partial charge < -0.3 is 13.9 Å². The van der Waals surface area contributed by atoms with E-state index in [9.17, 15) is 13.2 Å². The fraction of sp³-hybridized carbons (Fsp3) is 0.545. The van der Waals surface area contributed by atoms with Crippen molar-refractivity contribution < 1.29 is 27.1 Å². The first-order valence-electron chi connectivity index (χ1n) is 5.66. The van der Waals surface area contributed by atoms with E-state index in [2.05, 4.69) is 0 Å². The monoisotopic (exact) mass is 310 g/mol. The summed E-state index contributed by atoms with van der Waals surface area (Å²) in [6.45, 7) is 4.30. The van der Waals surface area contributed by atoms with Crippen LogP contribution in [0.2, 0.25) is 0 Å². The summed E-state index contributed by atoms with van der Waals surface area (Å²) in [5.41, 5.74) is 0.